The molecule has 2 rings (SSSR count). The maximum absolute atomic E-state index is 5.79. The summed E-state index contributed by atoms with van der Waals surface area (Å²) in [5.41, 5.74) is 1.21. The molecule has 0 spiro atoms. The van der Waals surface area contributed by atoms with Crippen molar-refractivity contribution in [2.75, 3.05) is 33.3 Å². The number of benzene rings is 1. The van der Waals surface area contributed by atoms with Crippen molar-refractivity contribution < 1.29 is 4.74 Å². The second-order valence-electron chi connectivity index (χ2n) is 7.04. The third kappa shape index (κ3) is 7.24. The summed E-state index contributed by atoms with van der Waals surface area (Å²) in [4.78, 5) is 6.94. The van der Waals surface area contributed by atoms with Gasteiger partial charge in [0.15, 0.2) is 5.96 Å². The predicted molar refractivity (Wildman–Crippen MR) is 110 cm³/mol. The first-order valence-electron chi connectivity index (χ1n) is 10.2. The topological polar surface area (TPSA) is 48.9 Å². The van der Waals surface area contributed by atoms with Gasteiger partial charge in [0.05, 0.1) is 6.61 Å². The SMILES string of the molecule is CCCCOc1cccc(CNC(=NC)NC2CCN(CCC)CC2)c1. The van der Waals surface area contributed by atoms with E-state index in [1.807, 2.05) is 13.1 Å². The first kappa shape index (κ1) is 20.6. The van der Waals surface area contributed by atoms with E-state index < -0.39 is 0 Å². The normalized spacial score (nSPS) is 16.5. The number of guanidine groups is 1. The molecule has 1 saturated heterocycles. The number of nitrogens with one attached hydrogen (secondary N) is 2. The largest absolute Gasteiger partial charge is 0.494 e. The number of hydrogen-bond donors (Lipinski definition) is 2. The smallest absolute Gasteiger partial charge is 0.191 e. The van der Waals surface area contributed by atoms with Crippen LogP contribution in [-0.4, -0.2) is 50.2 Å². The van der Waals surface area contributed by atoms with Crippen molar-refractivity contribution in [2.45, 2.75) is 58.5 Å². The molecule has 0 saturated carbocycles. The number of unbranched alkanes of at least 4 members (excludes halogenated alkanes) is 1. The summed E-state index contributed by atoms with van der Waals surface area (Å²) < 4.78 is 5.79. The Bertz CT molecular complexity index is 539. The van der Waals surface area contributed by atoms with Gasteiger partial charge in [0.2, 0.25) is 0 Å². The number of hydrogen-bond acceptors (Lipinski definition) is 3. The Morgan fingerprint density at radius 3 is 2.73 bits per heavy atom. The van der Waals surface area contributed by atoms with Gasteiger partial charge in [0, 0.05) is 32.7 Å². The number of rotatable bonds is 9. The molecular formula is C21H36N4O. The Labute approximate surface area is 159 Å². The van der Waals surface area contributed by atoms with Crippen LogP contribution in [0.1, 0.15) is 51.5 Å². The lowest BCUT2D eigenvalue weighted by atomic mass is 10.1. The quantitative estimate of drug-likeness (QED) is 0.403. The van der Waals surface area contributed by atoms with Crippen LogP contribution in [0.2, 0.25) is 0 Å². The van der Waals surface area contributed by atoms with Crippen LogP contribution < -0.4 is 15.4 Å². The van der Waals surface area contributed by atoms with Crippen LogP contribution in [0.15, 0.2) is 29.3 Å². The van der Waals surface area contributed by atoms with Gasteiger partial charge in [0.1, 0.15) is 5.75 Å². The molecule has 1 heterocycles. The minimum atomic E-state index is 0.512. The van der Waals surface area contributed by atoms with E-state index in [-0.39, 0.29) is 0 Å². The van der Waals surface area contributed by atoms with E-state index in [1.165, 1.54) is 44.5 Å². The first-order chi connectivity index (χ1) is 12.7. The number of likely N-dealkylation sites (tertiary alicyclic amines) is 1. The third-order valence-electron chi connectivity index (χ3n) is 4.82. The summed E-state index contributed by atoms with van der Waals surface area (Å²) in [7, 11) is 1.84. The fourth-order valence-electron chi connectivity index (χ4n) is 3.27. The Hall–Kier alpha value is -1.75. The van der Waals surface area contributed by atoms with Crippen molar-refractivity contribution in [1.29, 1.82) is 0 Å². The fraction of sp³-hybridized carbons (Fsp3) is 0.667. The minimum absolute atomic E-state index is 0.512. The highest BCUT2D eigenvalue weighted by molar-refractivity contribution is 5.79. The predicted octanol–water partition coefficient (Wildman–Crippen LogP) is 3.40. The number of piperidine rings is 1. The lowest BCUT2D eigenvalue weighted by molar-refractivity contribution is 0.206. The molecule has 1 aromatic rings. The van der Waals surface area contributed by atoms with Gasteiger partial charge in [-0.25, -0.2) is 0 Å². The van der Waals surface area contributed by atoms with Crippen LogP contribution in [0.5, 0.6) is 5.75 Å². The number of nitrogens with zero attached hydrogens (tertiary/aromatic N) is 2. The van der Waals surface area contributed by atoms with Gasteiger partial charge < -0.3 is 20.3 Å². The third-order valence-corrected chi connectivity index (χ3v) is 4.82. The Morgan fingerprint density at radius 1 is 1.23 bits per heavy atom. The monoisotopic (exact) mass is 360 g/mol. The van der Waals surface area contributed by atoms with Gasteiger partial charge in [-0.1, -0.05) is 32.4 Å². The molecule has 1 aliphatic rings. The second-order valence-corrected chi connectivity index (χ2v) is 7.04. The molecule has 0 atom stereocenters. The molecule has 0 bridgehead atoms. The van der Waals surface area contributed by atoms with Crippen molar-refractivity contribution >= 4 is 5.96 Å². The molecular weight excluding hydrogens is 324 g/mol. The summed E-state index contributed by atoms with van der Waals surface area (Å²) >= 11 is 0. The molecule has 0 radical (unpaired) electrons. The van der Waals surface area contributed by atoms with Crippen LogP contribution in [0.4, 0.5) is 0 Å². The maximum Gasteiger partial charge on any atom is 0.191 e. The average molecular weight is 361 g/mol. The van der Waals surface area contributed by atoms with Crippen LogP contribution in [-0.2, 0) is 6.54 Å². The zero-order valence-electron chi connectivity index (χ0n) is 16.8. The summed E-state index contributed by atoms with van der Waals surface area (Å²) in [6.07, 6.45) is 5.85. The molecule has 0 amide bonds. The summed E-state index contributed by atoms with van der Waals surface area (Å²) in [5, 5.41) is 7.01. The molecule has 5 heteroatoms. The standard InChI is InChI=1S/C21H36N4O/c1-4-6-15-26-20-9-7-8-18(16-20)17-23-21(22-3)24-19-10-13-25(12-5-2)14-11-19/h7-9,16,19H,4-6,10-15,17H2,1-3H3,(H2,22,23,24). The Kier molecular flexibility index (Phi) is 9.32. The van der Waals surface area contributed by atoms with Crippen molar-refractivity contribution in [3.63, 3.8) is 0 Å². The molecule has 5 nitrogen and oxygen atoms in total. The van der Waals surface area contributed by atoms with E-state index in [0.717, 1.165) is 37.7 Å². The molecule has 0 unspecified atom stereocenters. The zero-order valence-corrected chi connectivity index (χ0v) is 16.8. The van der Waals surface area contributed by atoms with E-state index in [9.17, 15) is 0 Å². The highest BCUT2D eigenvalue weighted by Crippen LogP contribution is 2.14. The van der Waals surface area contributed by atoms with Crippen LogP contribution in [0, 0.1) is 0 Å². The van der Waals surface area contributed by atoms with Crippen LogP contribution in [0.25, 0.3) is 0 Å². The zero-order chi connectivity index (χ0) is 18.6. The van der Waals surface area contributed by atoms with Crippen molar-refractivity contribution in [1.82, 2.24) is 15.5 Å². The van der Waals surface area contributed by atoms with E-state index in [2.05, 4.69) is 52.6 Å². The van der Waals surface area contributed by atoms with Crippen molar-refractivity contribution in [3.8, 4) is 5.75 Å². The van der Waals surface area contributed by atoms with Crippen molar-refractivity contribution in [2.24, 2.45) is 4.99 Å². The van der Waals surface area contributed by atoms with Gasteiger partial charge in [0.25, 0.3) is 0 Å². The van der Waals surface area contributed by atoms with Crippen molar-refractivity contribution in [3.05, 3.63) is 29.8 Å². The lowest BCUT2D eigenvalue weighted by Crippen LogP contribution is -2.48. The molecule has 0 aliphatic carbocycles. The van der Waals surface area contributed by atoms with Gasteiger partial charge in [-0.3, -0.25) is 4.99 Å². The summed E-state index contributed by atoms with van der Waals surface area (Å²) in [6.45, 7) is 9.54. The minimum Gasteiger partial charge on any atom is -0.494 e. The number of ether oxygens (including phenoxy) is 1. The average Bonchev–Trinajstić information content (AvgIpc) is 2.67. The number of aliphatic imine (C=N–C) groups is 1. The summed E-state index contributed by atoms with van der Waals surface area (Å²) in [6, 6.07) is 8.82. The lowest BCUT2D eigenvalue weighted by Gasteiger charge is -2.32. The van der Waals surface area contributed by atoms with E-state index in [4.69, 9.17) is 4.74 Å². The second kappa shape index (κ2) is 11.8. The van der Waals surface area contributed by atoms with Gasteiger partial charge in [-0.2, -0.15) is 0 Å². The first-order valence-corrected chi connectivity index (χ1v) is 10.2. The molecule has 26 heavy (non-hydrogen) atoms. The molecule has 1 aliphatic heterocycles. The fourth-order valence-corrected chi connectivity index (χ4v) is 3.27. The van der Waals surface area contributed by atoms with Gasteiger partial charge >= 0.3 is 0 Å². The van der Waals surface area contributed by atoms with Gasteiger partial charge in [-0.15, -0.1) is 0 Å². The van der Waals surface area contributed by atoms with E-state index in [0.29, 0.717) is 6.04 Å². The van der Waals surface area contributed by atoms with Crippen LogP contribution >= 0.6 is 0 Å². The molecule has 146 valence electrons. The van der Waals surface area contributed by atoms with Gasteiger partial charge in [-0.05, 0) is 49.9 Å². The van der Waals surface area contributed by atoms with Crippen LogP contribution in [0.3, 0.4) is 0 Å². The molecule has 1 aromatic carbocycles. The Balaban J connectivity index is 1.76. The van der Waals surface area contributed by atoms with E-state index in [1.54, 1.807) is 0 Å². The Morgan fingerprint density at radius 2 is 2.04 bits per heavy atom. The molecule has 2 N–H and O–H groups in total. The summed E-state index contributed by atoms with van der Waals surface area (Å²) in [5.74, 6) is 1.83. The maximum atomic E-state index is 5.79. The van der Waals surface area contributed by atoms with E-state index >= 15 is 0 Å². The molecule has 0 aromatic heterocycles. The highest BCUT2D eigenvalue weighted by Gasteiger charge is 2.19. The molecule has 1 fully saturated rings. The highest BCUT2D eigenvalue weighted by atomic mass is 16.5.